The summed E-state index contributed by atoms with van der Waals surface area (Å²) in [5.41, 5.74) is 3.18. The van der Waals surface area contributed by atoms with Crippen LogP contribution in [0.4, 0.5) is 0 Å². The molecule has 198 valence electrons. The lowest BCUT2D eigenvalue weighted by Crippen LogP contribution is -2.50. The van der Waals surface area contributed by atoms with Crippen LogP contribution in [-0.4, -0.2) is 41.3 Å². The van der Waals surface area contributed by atoms with Crippen LogP contribution in [0.5, 0.6) is 5.75 Å². The molecule has 0 saturated carbocycles. The number of ether oxygens (including phenoxy) is 1. The van der Waals surface area contributed by atoms with Crippen molar-refractivity contribution in [3.63, 3.8) is 0 Å². The Morgan fingerprint density at radius 2 is 1.69 bits per heavy atom. The predicted molar refractivity (Wildman–Crippen MR) is 161 cm³/mol. The Morgan fingerprint density at radius 1 is 0.949 bits per heavy atom. The van der Waals surface area contributed by atoms with Gasteiger partial charge < -0.3 is 14.3 Å². The van der Waals surface area contributed by atoms with Gasteiger partial charge in [0.1, 0.15) is 24.9 Å². The van der Waals surface area contributed by atoms with Crippen LogP contribution in [0.3, 0.4) is 0 Å². The summed E-state index contributed by atoms with van der Waals surface area (Å²) in [7, 11) is 1.68. The molecule has 0 bridgehead atoms. The van der Waals surface area contributed by atoms with E-state index in [0.29, 0.717) is 12.5 Å². The standard InChI is InChI=1S/C35H37N2O2/c1-3-25-9-8-19-37(20-17-25,24-35(38)31-16-18-36-34-15-14-28(39-2)22-32(31)34)23-33-29-12-6-4-10-26(29)21-27-11-5-7-13-30(27)33/h3-7,10-16,18,21-22,25,35,38H,1,8-9,17,19-20,23-24H2,2H3/q+1/t25?,35-,37?/m0/s1. The van der Waals surface area contributed by atoms with Crippen LogP contribution in [-0.2, 0) is 6.54 Å². The highest BCUT2D eigenvalue weighted by molar-refractivity contribution is 6.02. The molecule has 1 N–H and O–H groups in total. The molecule has 5 aromatic rings. The second kappa shape index (κ2) is 10.8. The van der Waals surface area contributed by atoms with Crippen molar-refractivity contribution in [1.82, 2.24) is 4.98 Å². The normalized spacial score (nSPS) is 20.6. The Morgan fingerprint density at radius 3 is 2.41 bits per heavy atom. The monoisotopic (exact) mass is 517 g/mol. The highest BCUT2D eigenvalue weighted by atomic mass is 16.5. The molecule has 2 unspecified atom stereocenters. The van der Waals surface area contributed by atoms with Crippen LogP contribution in [0.1, 0.15) is 36.5 Å². The Bertz CT molecular complexity index is 1590. The highest BCUT2D eigenvalue weighted by Gasteiger charge is 2.35. The molecule has 0 spiro atoms. The van der Waals surface area contributed by atoms with Gasteiger partial charge in [0, 0.05) is 23.6 Å². The number of hydrogen-bond acceptors (Lipinski definition) is 3. The van der Waals surface area contributed by atoms with E-state index in [1.807, 2.05) is 30.5 Å². The molecule has 4 nitrogen and oxygen atoms in total. The minimum atomic E-state index is -0.621. The number of rotatable bonds is 7. The fourth-order valence-electron chi connectivity index (χ4n) is 6.67. The molecule has 1 aliphatic heterocycles. The van der Waals surface area contributed by atoms with Gasteiger partial charge in [0.15, 0.2) is 0 Å². The van der Waals surface area contributed by atoms with Gasteiger partial charge in [0.05, 0.1) is 25.7 Å². The van der Waals surface area contributed by atoms with Crippen molar-refractivity contribution in [2.75, 3.05) is 26.7 Å². The number of quaternary nitrogens is 1. The molecule has 0 radical (unpaired) electrons. The molecule has 1 aliphatic rings. The number of aliphatic hydroxyl groups excluding tert-OH is 1. The van der Waals surface area contributed by atoms with Crippen molar-refractivity contribution in [3.05, 3.63) is 109 Å². The van der Waals surface area contributed by atoms with Gasteiger partial charge in [0.2, 0.25) is 0 Å². The maximum absolute atomic E-state index is 11.9. The molecule has 0 aliphatic carbocycles. The lowest BCUT2D eigenvalue weighted by Gasteiger charge is -2.40. The van der Waals surface area contributed by atoms with Crippen molar-refractivity contribution >= 4 is 32.4 Å². The van der Waals surface area contributed by atoms with Gasteiger partial charge in [-0.25, -0.2) is 0 Å². The number of allylic oxidation sites excluding steroid dienone is 1. The minimum absolute atomic E-state index is 0.525. The topological polar surface area (TPSA) is 42.4 Å². The number of aromatic nitrogens is 1. The summed E-state index contributed by atoms with van der Waals surface area (Å²) in [4.78, 5) is 4.55. The van der Waals surface area contributed by atoms with Crippen LogP contribution in [0.25, 0.3) is 32.4 Å². The molecule has 39 heavy (non-hydrogen) atoms. The summed E-state index contributed by atoms with van der Waals surface area (Å²) in [5.74, 6) is 1.30. The van der Waals surface area contributed by atoms with Gasteiger partial charge in [0.25, 0.3) is 0 Å². The van der Waals surface area contributed by atoms with Crippen LogP contribution in [0, 0.1) is 5.92 Å². The van der Waals surface area contributed by atoms with Crippen molar-refractivity contribution < 1.29 is 14.3 Å². The number of nitrogens with zero attached hydrogens (tertiary/aromatic N) is 2. The van der Waals surface area contributed by atoms with Gasteiger partial charge in [-0.2, -0.15) is 0 Å². The summed E-state index contributed by atoms with van der Waals surface area (Å²) in [6.07, 6.45) is 6.69. The molecule has 4 aromatic carbocycles. The zero-order valence-corrected chi connectivity index (χ0v) is 22.7. The Balaban J connectivity index is 1.45. The third kappa shape index (κ3) is 5.03. The average molecular weight is 518 g/mol. The fourth-order valence-corrected chi connectivity index (χ4v) is 6.67. The number of hydrogen-bond donors (Lipinski definition) is 1. The van der Waals surface area contributed by atoms with Crippen molar-refractivity contribution in [2.45, 2.75) is 31.9 Å². The van der Waals surface area contributed by atoms with Crippen LogP contribution >= 0.6 is 0 Å². The Hall–Kier alpha value is -3.73. The molecule has 2 heterocycles. The summed E-state index contributed by atoms with van der Waals surface area (Å²) >= 11 is 0. The van der Waals surface area contributed by atoms with E-state index in [0.717, 1.165) is 65.6 Å². The van der Waals surface area contributed by atoms with Gasteiger partial charge in [-0.05, 0) is 76.2 Å². The van der Waals surface area contributed by atoms with E-state index in [1.165, 1.54) is 27.1 Å². The summed E-state index contributed by atoms with van der Waals surface area (Å²) < 4.78 is 6.35. The third-order valence-corrected chi connectivity index (χ3v) is 8.79. The van der Waals surface area contributed by atoms with Gasteiger partial charge >= 0.3 is 0 Å². The first-order valence-corrected chi connectivity index (χ1v) is 14.1. The van der Waals surface area contributed by atoms with E-state index in [4.69, 9.17) is 4.74 Å². The van der Waals surface area contributed by atoms with Gasteiger partial charge in [-0.1, -0.05) is 54.6 Å². The lowest BCUT2D eigenvalue weighted by atomic mass is 9.95. The summed E-state index contributed by atoms with van der Waals surface area (Å²) in [5, 5.41) is 18.0. The Kier molecular flexibility index (Phi) is 7.07. The number of methoxy groups -OCH3 is 1. The van der Waals surface area contributed by atoms with E-state index < -0.39 is 6.10 Å². The largest absolute Gasteiger partial charge is 0.497 e. The molecule has 0 amide bonds. The van der Waals surface area contributed by atoms with E-state index >= 15 is 0 Å². The van der Waals surface area contributed by atoms with Crippen LogP contribution in [0.15, 0.2) is 97.7 Å². The SMILES string of the molecule is C=CC1CCC[N+](Cc2c3ccccc3cc3ccccc23)(C[C@H](O)c2ccnc3ccc(OC)cc23)CC1. The number of likely N-dealkylation sites (tertiary alicyclic amines) is 1. The third-order valence-electron chi connectivity index (χ3n) is 8.79. The lowest BCUT2D eigenvalue weighted by molar-refractivity contribution is -0.943. The van der Waals surface area contributed by atoms with Crippen molar-refractivity contribution in [2.24, 2.45) is 5.92 Å². The fraction of sp³-hybridized carbons (Fsp3) is 0.286. The molecule has 1 saturated heterocycles. The highest BCUT2D eigenvalue weighted by Crippen LogP contribution is 2.36. The maximum atomic E-state index is 11.9. The molecular formula is C35H37N2O2+. The van der Waals surface area contributed by atoms with Crippen molar-refractivity contribution in [3.8, 4) is 5.75 Å². The van der Waals surface area contributed by atoms with Crippen LogP contribution in [0.2, 0.25) is 0 Å². The number of benzene rings is 4. The maximum Gasteiger partial charge on any atom is 0.129 e. The molecule has 3 atom stereocenters. The first kappa shape index (κ1) is 25.5. The number of pyridine rings is 1. The second-order valence-electron chi connectivity index (χ2n) is 11.2. The first-order valence-electron chi connectivity index (χ1n) is 14.1. The quantitative estimate of drug-likeness (QED) is 0.137. The number of fused-ring (bicyclic) bond motifs is 3. The summed E-state index contributed by atoms with van der Waals surface area (Å²) in [6.45, 7) is 7.70. The van der Waals surface area contributed by atoms with E-state index in [1.54, 1.807) is 7.11 Å². The first-order chi connectivity index (χ1) is 19.1. The van der Waals surface area contributed by atoms with Crippen molar-refractivity contribution in [1.29, 1.82) is 0 Å². The second-order valence-corrected chi connectivity index (χ2v) is 11.2. The molecule has 1 aromatic heterocycles. The predicted octanol–water partition coefficient (Wildman–Crippen LogP) is 7.59. The van der Waals surface area contributed by atoms with E-state index in [9.17, 15) is 5.11 Å². The molecule has 6 rings (SSSR count). The smallest absolute Gasteiger partial charge is 0.129 e. The zero-order valence-electron chi connectivity index (χ0n) is 22.7. The van der Waals surface area contributed by atoms with E-state index in [2.05, 4.69) is 72.2 Å². The molecular weight excluding hydrogens is 480 g/mol. The minimum Gasteiger partial charge on any atom is -0.497 e. The molecule has 1 fully saturated rings. The number of aliphatic hydroxyl groups is 1. The van der Waals surface area contributed by atoms with Gasteiger partial charge in [-0.15, -0.1) is 6.58 Å². The summed E-state index contributed by atoms with van der Waals surface area (Å²) in [6, 6.07) is 27.7. The Labute approximate surface area is 230 Å². The van der Waals surface area contributed by atoms with Gasteiger partial charge in [-0.3, -0.25) is 4.98 Å². The molecule has 4 heteroatoms. The average Bonchev–Trinajstić information content (AvgIpc) is 3.18. The van der Waals surface area contributed by atoms with Crippen LogP contribution < -0.4 is 4.74 Å². The zero-order chi connectivity index (χ0) is 26.8. The van der Waals surface area contributed by atoms with E-state index in [-0.39, 0.29) is 0 Å².